The van der Waals surface area contributed by atoms with E-state index < -0.39 is 17.8 Å². The van der Waals surface area contributed by atoms with Crippen molar-refractivity contribution >= 4 is 11.7 Å². The Labute approximate surface area is 186 Å². The molecule has 1 aromatic heterocycles. The van der Waals surface area contributed by atoms with E-state index in [9.17, 15) is 14.3 Å². The molecule has 1 unspecified atom stereocenters. The fourth-order valence-corrected chi connectivity index (χ4v) is 4.00. The topological polar surface area (TPSA) is 97.5 Å². The van der Waals surface area contributed by atoms with Crippen molar-refractivity contribution < 1.29 is 19.0 Å². The third kappa shape index (κ3) is 4.79. The SMILES string of the molecule is Nc1ncc(C2CCOCC2)cc1-c1ccc(C(=O)NC(CO)c2ccccc2)c(F)c1. The van der Waals surface area contributed by atoms with Crippen molar-refractivity contribution in [1.82, 2.24) is 10.3 Å². The fourth-order valence-electron chi connectivity index (χ4n) is 4.00. The van der Waals surface area contributed by atoms with Gasteiger partial charge in [-0.15, -0.1) is 0 Å². The van der Waals surface area contributed by atoms with E-state index in [0.29, 0.717) is 36.1 Å². The average molecular weight is 435 g/mol. The molecule has 1 amide bonds. The summed E-state index contributed by atoms with van der Waals surface area (Å²) < 4.78 is 20.4. The highest BCUT2D eigenvalue weighted by Crippen LogP contribution is 2.32. The van der Waals surface area contributed by atoms with E-state index in [1.165, 1.54) is 12.1 Å². The van der Waals surface area contributed by atoms with Crippen LogP contribution in [0, 0.1) is 5.82 Å². The van der Waals surface area contributed by atoms with Gasteiger partial charge < -0.3 is 20.9 Å². The monoisotopic (exact) mass is 435 g/mol. The molecule has 166 valence electrons. The number of rotatable bonds is 6. The van der Waals surface area contributed by atoms with E-state index in [0.717, 1.165) is 24.0 Å². The van der Waals surface area contributed by atoms with Crippen LogP contribution in [0.25, 0.3) is 11.1 Å². The molecule has 0 aliphatic carbocycles. The Morgan fingerprint density at radius 2 is 1.94 bits per heavy atom. The van der Waals surface area contributed by atoms with Gasteiger partial charge in [-0.1, -0.05) is 36.4 Å². The number of carbonyl (C=O) groups is 1. The third-order valence-corrected chi connectivity index (χ3v) is 5.85. The maximum Gasteiger partial charge on any atom is 0.254 e. The molecule has 6 nitrogen and oxygen atoms in total. The number of aliphatic hydroxyl groups excluding tert-OH is 1. The van der Waals surface area contributed by atoms with Crippen LogP contribution in [-0.2, 0) is 4.74 Å². The molecule has 0 bridgehead atoms. The summed E-state index contributed by atoms with van der Waals surface area (Å²) in [5, 5.41) is 12.3. The van der Waals surface area contributed by atoms with E-state index in [-0.39, 0.29) is 12.2 Å². The molecular formula is C25H26FN3O3. The smallest absolute Gasteiger partial charge is 0.254 e. The number of amides is 1. The highest BCUT2D eigenvalue weighted by Gasteiger charge is 2.20. The van der Waals surface area contributed by atoms with Crippen molar-refractivity contribution in [2.75, 3.05) is 25.6 Å². The van der Waals surface area contributed by atoms with Crippen LogP contribution in [0.4, 0.5) is 10.2 Å². The molecule has 0 radical (unpaired) electrons. The summed E-state index contributed by atoms with van der Waals surface area (Å²) in [4.78, 5) is 17.0. The minimum atomic E-state index is -0.666. The summed E-state index contributed by atoms with van der Waals surface area (Å²) in [5.74, 6) is -0.625. The van der Waals surface area contributed by atoms with Gasteiger partial charge in [0.1, 0.15) is 11.6 Å². The Balaban J connectivity index is 1.56. The number of aromatic nitrogens is 1. The van der Waals surface area contributed by atoms with Gasteiger partial charge in [-0.25, -0.2) is 9.37 Å². The van der Waals surface area contributed by atoms with Gasteiger partial charge in [0, 0.05) is 25.0 Å². The summed E-state index contributed by atoms with van der Waals surface area (Å²) in [6.07, 6.45) is 3.59. The molecule has 1 saturated heterocycles. The quantitative estimate of drug-likeness (QED) is 0.547. The van der Waals surface area contributed by atoms with Crippen LogP contribution in [0.5, 0.6) is 0 Å². The van der Waals surface area contributed by atoms with Crippen molar-refractivity contribution in [1.29, 1.82) is 0 Å². The second-order valence-corrected chi connectivity index (χ2v) is 7.90. The predicted molar refractivity (Wildman–Crippen MR) is 121 cm³/mol. The molecule has 1 atom stereocenters. The third-order valence-electron chi connectivity index (χ3n) is 5.85. The molecule has 32 heavy (non-hydrogen) atoms. The van der Waals surface area contributed by atoms with Gasteiger partial charge in [0.15, 0.2) is 0 Å². The molecule has 1 aliphatic heterocycles. The number of halogens is 1. The van der Waals surface area contributed by atoms with Crippen LogP contribution in [0.1, 0.15) is 46.3 Å². The molecule has 2 aromatic carbocycles. The number of anilines is 1. The Kier molecular flexibility index (Phi) is 6.78. The number of nitrogens with two attached hydrogens (primary N) is 1. The van der Waals surface area contributed by atoms with Crippen molar-refractivity contribution in [3.8, 4) is 11.1 Å². The van der Waals surface area contributed by atoms with Crippen LogP contribution in [-0.4, -0.2) is 35.8 Å². The first-order valence-electron chi connectivity index (χ1n) is 10.7. The number of nitrogen functional groups attached to an aromatic ring is 1. The Morgan fingerprint density at radius 3 is 2.62 bits per heavy atom. The van der Waals surface area contributed by atoms with Crippen LogP contribution >= 0.6 is 0 Å². The zero-order chi connectivity index (χ0) is 22.5. The first-order valence-corrected chi connectivity index (χ1v) is 10.7. The van der Waals surface area contributed by atoms with Crippen molar-refractivity contribution in [3.05, 3.63) is 83.3 Å². The largest absolute Gasteiger partial charge is 0.394 e. The maximum absolute atomic E-state index is 14.9. The lowest BCUT2D eigenvalue weighted by Gasteiger charge is -2.23. The lowest BCUT2D eigenvalue weighted by atomic mass is 9.91. The van der Waals surface area contributed by atoms with Gasteiger partial charge in [-0.05, 0) is 53.6 Å². The normalized spacial score (nSPS) is 15.3. The lowest BCUT2D eigenvalue weighted by molar-refractivity contribution is 0.0853. The van der Waals surface area contributed by atoms with Crippen molar-refractivity contribution in [2.24, 2.45) is 0 Å². The van der Waals surface area contributed by atoms with Gasteiger partial charge >= 0.3 is 0 Å². The molecule has 1 aliphatic rings. The van der Waals surface area contributed by atoms with Gasteiger partial charge in [-0.3, -0.25) is 4.79 Å². The molecular weight excluding hydrogens is 409 g/mol. The number of nitrogens with zero attached hydrogens (tertiary/aromatic N) is 1. The first kappa shape index (κ1) is 21.9. The number of ether oxygens (including phenoxy) is 1. The van der Waals surface area contributed by atoms with E-state index in [1.54, 1.807) is 24.4 Å². The highest BCUT2D eigenvalue weighted by molar-refractivity contribution is 5.95. The minimum absolute atomic E-state index is 0.102. The second kappa shape index (κ2) is 9.89. The Hall–Kier alpha value is -3.29. The fraction of sp³-hybridized carbons (Fsp3) is 0.280. The highest BCUT2D eigenvalue weighted by atomic mass is 19.1. The summed E-state index contributed by atoms with van der Waals surface area (Å²) in [6.45, 7) is 1.12. The van der Waals surface area contributed by atoms with E-state index in [1.807, 2.05) is 24.3 Å². The standard InChI is InChI=1S/C25H26FN3O3/c26-22-13-18(21-12-19(14-28-24(21)27)16-8-10-32-11-9-16)6-7-20(22)25(31)29-23(15-30)17-4-2-1-3-5-17/h1-7,12-14,16,23,30H,8-11,15H2,(H2,27,28)(H,29,31). The summed E-state index contributed by atoms with van der Waals surface area (Å²) >= 11 is 0. The van der Waals surface area contributed by atoms with Crippen molar-refractivity contribution in [2.45, 2.75) is 24.8 Å². The number of hydrogen-bond acceptors (Lipinski definition) is 5. The lowest BCUT2D eigenvalue weighted by Crippen LogP contribution is -2.31. The summed E-state index contributed by atoms with van der Waals surface area (Å²) in [5.41, 5.74) is 8.96. The summed E-state index contributed by atoms with van der Waals surface area (Å²) in [6, 6.07) is 14.8. The van der Waals surface area contributed by atoms with Crippen LogP contribution in [0.15, 0.2) is 60.8 Å². The number of carbonyl (C=O) groups excluding carboxylic acids is 1. The van der Waals surface area contributed by atoms with E-state index >= 15 is 0 Å². The first-order chi connectivity index (χ1) is 15.6. The number of hydrogen-bond donors (Lipinski definition) is 3. The number of aliphatic hydroxyl groups is 1. The van der Waals surface area contributed by atoms with E-state index in [2.05, 4.69) is 10.3 Å². The molecule has 4 rings (SSSR count). The zero-order valence-corrected chi connectivity index (χ0v) is 17.6. The molecule has 7 heteroatoms. The number of pyridine rings is 1. The van der Waals surface area contributed by atoms with Gasteiger partial charge in [0.05, 0.1) is 18.2 Å². The van der Waals surface area contributed by atoms with Crippen LogP contribution in [0.3, 0.4) is 0 Å². The predicted octanol–water partition coefficient (Wildman–Crippen LogP) is 3.83. The molecule has 2 heterocycles. The maximum atomic E-state index is 14.9. The van der Waals surface area contributed by atoms with Crippen molar-refractivity contribution in [3.63, 3.8) is 0 Å². The molecule has 1 fully saturated rings. The minimum Gasteiger partial charge on any atom is -0.394 e. The molecule has 0 spiro atoms. The van der Waals surface area contributed by atoms with Gasteiger partial charge in [0.2, 0.25) is 0 Å². The molecule has 0 saturated carbocycles. The number of nitrogens with one attached hydrogen (secondary N) is 1. The Bertz CT molecular complexity index is 1090. The van der Waals surface area contributed by atoms with Gasteiger partial charge in [0.25, 0.3) is 5.91 Å². The van der Waals surface area contributed by atoms with E-state index in [4.69, 9.17) is 10.5 Å². The van der Waals surface area contributed by atoms with Crippen LogP contribution in [0.2, 0.25) is 0 Å². The number of benzene rings is 2. The van der Waals surface area contributed by atoms with Gasteiger partial charge in [-0.2, -0.15) is 0 Å². The summed E-state index contributed by atoms with van der Waals surface area (Å²) in [7, 11) is 0. The van der Waals surface area contributed by atoms with Crippen LogP contribution < -0.4 is 11.1 Å². The zero-order valence-electron chi connectivity index (χ0n) is 17.6. The molecule has 4 N–H and O–H groups in total. The second-order valence-electron chi connectivity index (χ2n) is 7.90. The molecule has 3 aromatic rings. The Morgan fingerprint density at radius 1 is 1.19 bits per heavy atom. The average Bonchev–Trinajstić information content (AvgIpc) is 2.83.